The monoisotopic (exact) mass is 366 g/mol. The molecule has 2 heterocycles. The number of rotatable bonds is 7. The first-order chi connectivity index (χ1) is 12.0. The third kappa shape index (κ3) is 5.61. The number of pyridine rings is 1. The van der Waals surface area contributed by atoms with E-state index in [9.17, 15) is 9.59 Å². The van der Waals surface area contributed by atoms with Crippen molar-refractivity contribution in [3.05, 3.63) is 17.3 Å². The van der Waals surface area contributed by atoms with Gasteiger partial charge in [0.2, 0.25) is 5.91 Å². The number of aromatic nitrogens is 1. The molecule has 0 atom stereocenters. The molecule has 0 aromatic carbocycles. The van der Waals surface area contributed by atoms with Crippen molar-refractivity contribution in [3.63, 3.8) is 0 Å². The van der Waals surface area contributed by atoms with Crippen molar-refractivity contribution in [3.8, 4) is 0 Å². The Labute approximate surface area is 152 Å². The van der Waals surface area contributed by atoms with Gasteiger partial charge in [0.1, 0.15) is 5.03 Å². The summed E-state index contributed by atoms with van der Waals surface area (Å²) in [5.74, 6) is 0.593. The van der Waals surface area contributed by atoms with Gasteiger partial charge in [-0.25, -0.2) is 9.78 Å². The SMILES string of the molecule is CCOCCCNC(=O)CNC(=O)N1CCSc2nc(C)cc(C)c21. The molecule has 0 fully saturated rings. The van der Waals surface area contributed by atoms with Crippen LogP contribution in [-0.4, -0.2) is 55.5 Å². The van der Waals surface area contributed by atoms with Gasteiger partial charge >= 0.3 is 6.03 Å². The third-order valence-electron chi connectivity index (χ3n) is 3.74. The number of carbonyl (C=O) groups is 2. The zero-order chi connectivity index (χ0) is 18.2. The van der Waals surface area contributed by atoms with E-state index >= 15 is 0 Å². The number of fused-ring (bicyclic) bond motifs is 1. The lowest BCUT2D eigenvalue weighted by Gasteiger charge is -2.30. The first-order valence-electron chi connectivity index (χ1n) is 8.53. The zero-order valence-electron chi connectivity index (χ0n) is 15.1. The number of hydrogen-bond donors (Lipinski definition) is 2. The highest BCUT2D eigenvalue weighted by Crippen LogP contribution is 2.36. The molecule has 0 radical (unpaired) electrons. The summed E-state index contributed by atoms with van der Waals surface area (Å²) in [4.78, 5) is 30.5. The molecular formula is C17H26N4O3S. The summed E-state index contributed by atoms with van der Waals surface area (Å²) in [6, 6.07) is 1.70. The van der Waals surface area contributed by atoms with E-state index < -0.39 is 0 Å². The average molecular weight is 366 g/mol. The zero-order valence-corrected chi connectivity index (χ0v) is 15.9. The summed E-state index contributed by atoms with van der Waals surface area (Å²) in [7, 11) is 0. The van der Waals surface area contributed by atoms with Crippen molar-refractivity contribution in [1.82, 2.24) is 15.6 Å². The van der Waals surface area contributed by atoms with E-state index in [1.165, 1.54) is 0 Å². The molecule has 1 aliphatic rings. The summed E-state index contributed by atoms with van der Waals surface area (Å²) >= 11 is 1.66. The molecule has 0 bridgehead atoms. The molecule has 3 amide bonds. The molecule has 7 nitrogen and oxygen atoms in total. The Hall–Kier alpha value is -1.80. The normalized spacial score (nSPS) is 13.3. The van der Waals surface area contributed by atoms with Crippen molar-refractivity contribution < 1.29 is 14.3 Å². The van der Waals surface area contributed by atoms with Crippen LogP contribution in [-0.2, 0) is 9.53 Å². The van der Waals surface area contributed by atoms with Crippen molar-refractivity contribution in [2.24, 2.45) is 0 Å². The van der Waals surface area contributed by atoms with Crippen LogP contribution in [0.25, 0.3) is 0 Å². The fourth-order valence-corrected chi connectivity index (χ4v) is 3.72. The highest BCUT2D eigenvalue weighted by atomic mass is 32.2. The van der Waals surface area contributed by atoms with Gasteiger partial charge in [-0.05, 0) is 38.8 Å². The van der Waals surface area contributed by atoms with Crippen LogP contribution in [0.2, 0.25) is 0 Å². The molecule has 1 aromatic rings. The molecule has 1 aliphatic heterocycles. The van der Waals surface area contributed by atoms with Gasteiger partial charge in [0.05, 0.1) is 12.2 Å². The molecular weight excluding hydrogens is 340 g/mol. The van der Waals surface area contributed by atoms with Crippen molar-refractivity contribution in [2.45, 2.75) is 32.2 Å². The lowest BCUT2D eigenvalue weighted by Crippen LogP contribution is -2.47. The number of nitrogens with one attached hydrogen (secondary N) is 2. The van der Waals surface area contributed by atoms with E-state index in [0.717, 1.165) is 34.1 Å². The standard InChI is InChI=1S/C17H26N4O3S/c1-4-24-8-5-6-18-14(22)11-19-17(23)21-7-9-25-16-15(21)12(2)10-13(3)20-16/h10H,4-9,11H2,1-3H3,(H,18,22)(H,19,23). The van der Waals surface area contributed by atoms with E-state index in [4.69, 9.17) is 4.74 Å². The number of ether oxygens (including phenoxy) is 1. The number of carbonyl (C=O) groups excluding carboxylic acids is 2. The Kier molecular flexibility index (Phi) is 7.52. The predicted molar refractivity (Wildman–Crippen MR) is 99.3 cm³/mol. The van der Waals surface area contributed by atoms with Gasteiger partial charge in [0.15, 0.2) is 0 Å². The van der Waals surface area contributed by atoms with Crippen LogP contribution < -0.4 is 15.5 Å². The van der Waals surface area contributed by atoms with Gasteiger partial charge in [-0.3, -0.25) is 9.69 Å². The van der Waals surface area contributed by atoms with Crippen molar-refractivity contribution in [2.75, 3.05) is 43.5 Å². The molecule has 8 heteroatoms. The number of nitrogens with zero attached hydrogens (tertiary/aromatic N) is 2. The number of urea groups is 1. The minimum absolute atomic E-state index is 0.0369. The Morgan fingerprint density at radius 2 is 2.16 bits per heavy atom. The first kappa shape index (κ1) is 19.5. The highest BCUT2D eigenvalue weighted by Gasteiger charge is 2.26. The van der Waals surface area contributed by atoms with Gasteiger partial charge in [-0.15, -0.1) is 11.8 Å². The summed E-state index contributed by atoms with van der Waals surface area (Å²) in [6.45, 7) is 8.26. The lowest BCUT2D eigenvalue weighted by molar-refractivity contribution is -0.120. The molecule has 0 spiro atoms. The Bertz CT molecular complexity index is 624. The van der Waals surface area contributed by atoms with Gasteiger partial charge < -0.3 is 15.4 Å². The molecule has 0 saturated heterocycles. The second-order valence-electron chi connectivity index (χ2n) is 5.79. The number of aryl methyl sites for hydroxylation is 2. The van der Waals surface area contributed by atoms with Crippen LogP contribution in [0.4, 0.5) is 10.5 Å². The molecule has 1 aromatic heterocycles. The molecule has 2 N–H and O–H groups in total. The maximum Gasteiger partial charge on any atom is 0.322 e. The van der Waals surface area contributed by atoms with Gasteiger partial charge in [0, 0.05) is 37.8 Å². The quantitative estimate of drug-likeness (QED) is 0.720. The summed E-state index contributed by atoms with van der Waals surface area (Å²) < 4.78 is 5.21. The molecule has 25 heavy (non-hydrogen) atoms. The summed E-state index contributed by atoms with van der Waals surface area (Å²) in [5, 5.41) is 6.34. The maximum absolute atomic E-state index is 12.5. The van der Waals surface area contributed by atoms with Crippen molar-refractivity contribution in [1.29, 1.82) is 0 Å². The summed E-state index contributed by atoms with van der Waals surface area (Å²) in [6.07, 6.45) is 0.758. The number of amides is 3. The number of anilines is 1. The minimum Gasteiger partial charge on any atom is -0.382 e. The largest absolute Gasteiger partial charge is 0.382 e. The fraction of sp³-hybridized carbons (Fsp3) is 0.588. The topological polar surface area (TPSA) is 83.6 Å². The number of thioether (sulfide) groups is 1. The van der Waals surface area contributed by atoms with Crippen LogP contribution in [0.15, 0.2) is 11.1 Å². The van der Waals surface area contributed by atoms with E-state index in [-0.39, 0.29) is 18.5 Å². The molecule has 138 valence electrons. The highest BCUT2D eigenvalue weighted by molar-refractivity contribution is 7.99. The maximum atomic E-state index is 12.5. The van der Waals surface area contributed by atoms with E-state index in [1.54, 1.807) is 16.7 Å². The minimum atomic E-state index is -0.264. The number of hydrogen-bond acceptors (Lipinski definition) is 5. The second kappa shape index (κ2) is 9.62. The van der Waals surface area contributed by atoms with E-state index in [1.807, 2.05) is 26.8 Å². The molecule has 0 aliphatic carbocycles. The molecule has 0 saturated carbocycles. The Balaban J connectivity index is 1.85. The molecule has 2 rings (SSSR count). The second-order valence-corrected chi connectivity index (χ2v) is 6.88. The molecule has 0 unspecified atom stereocenters. The van der Waals surface area contributed by atoms with Gasteiger partial charge in [-0.1, -0.05) is 0 Å². The van der Waals surface area contributed by atoms with Crippen LogP contribution in [0.3, 0.4) is 0 Å². The average Bonchev–Trinajstić information content (AvgIpc) is 2.58. The lowest BCUT2D eigenvalue weighted by atomic mass is 10.2. The van der Waals surface area contributed by atoms with Crippen LogP contribution in [0.5, 0.6) is 0 Å². The third-order valence-corrected chi connectivity index (χ3v) is 4.68. The van der Waals surface area contributed by atoms with E-state index in [0.29, 0.717) is 26.3 Å². The van der Waals surface area contributed by atoms with Crippen LogP contribution in [0, 0.1) is 13.8 Å². The van der Waals surface area contributed by atoms with Crippen LogP contribution >= 0.6 is 11.8 Å². The van der Waals surface area contributed by atoms with Gasteiger partial charge in [-0.2, -0.15) is 0 Å². The Morgan fingerprint density at radius 1 is 1.36 bits per heavy atom. The van der Waals surface area contributed by atoms with E-state index in [2.05, 4.69) is 15.6 Å². The first-order valence-corrected chi connectivity index (χ1v) is 9.52. The van der Waals surface area contributed by atoms with Crippen LogP contribution in [0.1, 0.15) is 24.6 Å². The smallest absolute Gasteiger partial charge is 0.322 e. The Morgan fingerprint density at radius 3 is 2.92 bits per heavy atom. The fourth-order valence-electron chi connectivity index (χ4n) is 2.63. The predicted octanol–water partition coefficient (Wildman–Crippen LogP) is 1.86. The summed E-state index contributed by atoms with van der Waals surface area (Å²) in [5.41, 5.74) is 2.80. The van der Waals surface area contributed by atoms with Crippen molar-refractivity contribution >= 4 is 29.4 Å². The van der Waals surface area contributed by atoms with Gasteiger partial charge in [0.25, 0.3) is 0 Å².